The maximum atomic E-state index is 12.0. The molecule has 5 heteroatoms. The van der Waals surface area contributed by atoms with Crippen LogP contribution < -0.4 is 10.6 Å². The molecule has 1 amide bonds. The normalized spacial score (nSPS) is 23.0. The zero-order valence-electron chi connectivity index (χ0n) is 10.6. The van der Waals surface area contributed by atoms with Gasteiger partial charge < -0.3 is 15.4 Å². The summed E-state index contributed by atoms with van der Waals surface area (Å²) in [5, 5.41) is 6.07. The molecule has 0 aliphatic carbocycles. The van der Waals surface area contributed by atoms with Crippen molar-refractivity contribution in [3.8, 4) is 0 Å². The van der Waals surface area contributed by atoms with E-state index in [0.29, 0.717) is 0 Å². The van der Waals surface area contributed by atoms with Crippen LogP contribution in [-0.2, 0) is 9.53 Å². The van der Waals surface area contributed by atoms with Gasteiger partial charge >= 0.3 is 0 Å². The fraction of sp³-hybridized carbons (Fsp3) is 0.462. The van der Waals surface area contributed by atoms with Gasteiger partial charge in [0.05, 0.1) is 12.1 Å². The van der Waals surface area contributed by atoms with Crippen molar-refractivity contribution in [2.75, 3.05) is 25.2 Å². The van der Waals surface area contributed by atoms with E-state index in [-0.39, 0.29) is 18.1 Å². The SMILES string of the molecule is COC1CNC(C(=O)Nc2ccc(SC)cc2)C1. The molecule has 0 saturated carbocycles. The van der Waals surface area contributed by atoms with Gasteiger partial charge in [-0.05, 0) is 36.9 Å². The van der Waals surface area contributed by atoms with Gasteiger partial charge in [0.15, 0.2) is 0 Å². The number of rotatable bonds is 4. The second-order valence-corrected chi connectivity index (χ2v) is 5.15. The van der Waals surface area contributed by atoms with Gasteiger partial charge in [0.25, 0.3) is 0 Å². The molecular formula is C13H18N2O2S. The Bertz CT molecular complexity index is 408. The first-order valence-electron chi connectivity index (χ1n) is 5.94. The molecular weight excluding hydrogens is 248 g/mol. The second kappa shape index (κ2) is 6.22. The summed E-state index contributed by atoms with van der Waals surface area (Å²) in [6.07, 6.45) is 2.89. The Morgan fingerprint density at radius 2 is 2.17 bits per heavy atom. The Balaban J connectivity index is 1.90. The summed E-state index contributed by atoms with van der Waals surface area (Å²) in [6.45, 7) is 0.736. The molecule has 2 rings (SSSR count). The number of nitrogens with one attached hydrogen (secondary N) is 2. The Hall–Kier alpha value is -1.04. The van der Waals surface area contributed by atoms with Gasteiger partial charge in [-0.2, -0.15) is 0 Å². The van der Waals surface area contributed by atoms with Crippen LogP contribution in [0.3, 0.4) is 0 Å². The van der Waals surface area contributed by atoms with E-state index in [1.807, 2.05) is 30.5 Å². The molecule has 4 nitrogen and oxygen atoms in total. The van der Waals surface area contributed by atoms with E-state index in [1.54, 1.807) is 18.9 Å². The van der Waals surface area contributed by atoms with E-state index in [0.717, 1.165) is 18.7 Å². The predicted octanol–water partition coefficient (Wildman–Crippen LogP) is 1.72. The molecule has 1 aromatic carbocycles. The van der Waals surface area contributed by atoms with E-state index in [4.69, 9.17) is 4.74 Å². The first kappa shape index (κ1) is 13.4. The number of hydrogen-bond donors (Lipinski definition) is 2. The lowest BCUT2D eigenvalue weighted by molar-refractivity contribution is -0.118. The first-order chi connectivity index (χ1) is 8.72. The molecule has 0 aromatic heterocycles. The van der Waals surface area contributed by atoms with Crippen molar-refractivity contribution >= 4 is 23.4 Å². The molecule has 1 heterocycles. The number of methoxy groups -OCH3 is 1. The molecule has 0 radical (unpaired) electrons. The number of ether oxygens (including phenoxy) is 1. The topological polar surface area (TPSA) is 50.4 Å². The van der Waals surface area contributed by atoms with Crippen LogP contribution in [0.2, 0.25) is 0 Å². The van der Waals surface area contributed by atoms with E-state index in [9.17, 15) is 4.79 Å². The average molecular weight is 266 g/mol. The summed E-state index contributed by atoms with van der Waals surface area (Å²) in [4.78, 5) is 13.2. The smallest absolute Gasteiger partial charge is 0.241 e. The number of carbonyl (C=O) groups is 1. The van der Waals surface area contributed by atoms with Crippen LogP contribution in [0.25, 0.3) is 0 Å². The van der Waals surface area contributed by atoms with Crippen molar-refractivity contribution in [1.29, 1.82) is 0 Å². The van der Waals surface area contributed by atoms with Gasteiger partial charge in [-0.1, -0.05) is 0 Å². The molecule has 2 unspecified atom stereocenters. The Labute approximate surface area is 111 Å². The third kappa shape index (κ3) is 3.25. The lowest BCUT2D eigenvalue weighted by Crippen LogP contribution is -2.35. The van der Waals surface area contributed by atoms with Gasteiger partial charge in [-0.15, -0.1) is 11.8 Å². The van der Waals surface area contributed by atoms with Crippen LogP contribution in [0.4, 0.5) is 5.69 Å². The molecule has 2 atom stereocenters. The molecule has 0 bridgehead atoms. The minimum atomic E-state index is -0.157. The second-order valence-electron chi connectivity index (χ2n) is 4.27. The molecule has 1 aromatic rings. The molecule has 18 heavy (non-hydrogen) atoms. The number of hydrogen-bond acceptors (Lipinski definition) is 4. The van der Waals surface area contributed by atoms with Crippen molar-refractivity contribution in [1.82, 2.24) is 5.32 Å². The Kier molecular flexibility index (Phi) is 4.63. The lowest BCUT2D eigenvalue weighted by atomic mass is 10.2. The third-order valence-electron chi connectivity index (χ3n) is 3.10. The van der Waals surface area contributed by atoms with Crippen LogP contribution in [0.1, 0.15) is 6.42 Å². The minimum absolute atomic E-state index is 0.00597. The summed E-state index contributed by atoms with van der Waals surface area (Å²) >= 11 is 1.68. The standard InChI is InChI=1S/C13H18N2O2S/c1-17-10-7-12(14-8-10)13(16)15-9-3-5-11(18-2)6-4-9/h3-6,10,12,14H,7-8H2,1-2H3,(H,15,16). The number of amides is 1. The number of benzene rings is 1. The average Bonchev–Trinajstić information content (AvgIpc) is 2.88. The lowest BCUT2D eigenvalue weighted by Gasteiger charge is -2.11. The first-order valence-corrected chi connectivity index (χ1v) is 7.16. The maximum absolute atomic E-state index is 12.0. The maximum Gasteiger partial charge on any atom is 0.241 e. The van der Waals surface area contributed by atoms with E-state index in [1.165, 1.54) is 4.90 Å². The van der Waals surface area contributed by atoms with Crippen molar-refractivity contribution in [3.63, 3.8) is 0 Å². The fourth-order valence-corrected chi connectivity index (χ4v) is 2.39. The fourth-order valence-electron chi connectivity index (χ4n) is 1.99. The third-order valence-corrected chi connectivity index (χ3v) is 3.84. The highest BCUT2D eigenvalue weighted by Crippen LogP contribution is 2.18. The van der Waals surface area contributed by atoms with Crippen LogP contribution in [0.5, 0.6) is 0 Å². The zero-order valence-corrected chi connectivity index (χ0v) is 11.4. The zero-order chi connectivity index (χ0) is 13.0. The van der Waals surface area contributed by atoms with Gasteiger partial charge in [0.2, 0.25) is 5.91 Å². The van der Waals surface area contributed by atoms with Crippen LogP contribution in [0, 0.1) is 0 Å². The summed E-state index contributed by atoms with van der Waals surface area (Å²) in [5.74, 6) is 0.00597. The Morgan fingerprint density at radius 1 is 1.44 bits per heavy atom. The summed E-state index contributed by atoms with van der Waals surface area (Å²) in [6, 6.07) is 7.69. The molecule has 1 aliphatic heterocycles. The number of carbonyl (C=O) groups excluding carboxylic acids is 1. The highest BCUT2D eigenvalue weighted by Gasteiger charge is 2.29. The van der Waals surface area contributed by atoms with Crippen molar-refractivity contribution in [2.24, 2.45) is 0 Å². The van der Waals surface area contributed by atoms with Crippen LogP contribution in [-0.4, -0.2) is 38.0 Å². The van der Waals surface area contributed by atoms with E-state index < -0.39 is 0 Å². The minimum Gasteiger partial charge on any atom is -0.380 e. The van der Waals surface area contributed by atoms with E-state index in [2.05, 4.69) is 10.6 Å². The Morgan fingerprint density at radius 3 is 2.72 bits per heavy atom. The number of thioether (sulfide) groups is 1. The van der Waals surface area contributed by atoms with Crippen molar-refractivity contribution in [3.05, 3.63) is 24.3 Å². The van der Waals surface area contributed by atoms with Gasteiger partial charge in [0, 0.05) is 24.2 Å². The van der Waals surface area contributed by atoms with Gasteiger partial charge in [0.1, 0.15) is 0 Å². The van der Waals surface area contributed by atoms with Gasteiger partial charge in [-0.3, -0.25) is 4.79 Å². The summed E-state index contributed by atoms with van der Waals surface area (Å²) in [5.41, 5.74) is 0.834. The van der Waals surface area contributed by atoms with Crippen molar-refractivity contribution < 1.29 is 9.53 Å². The highest BCUT2D eigenvalue weighted by atomic mass is 32.2. The number of anilines is 1. The molecule has 98 valence electrons. The molecule has 1 saturated heterocycles. The molecule has 1 fully saturated rings. The largest absolute Gasteiger partial charge is 0.380 e. The van der Waals surface area contributed by atoms with Gasteiger partial charge in [-0.25, -0.2) is 0 Å². The monoisotopic (exact) mass is 266 g/mol. The summed E-state index contributed by atoms with van der Waals surface area (Å²) < 4.78 is 5.23. The van der Waals surface area contributed by atoms with E-state index >= 15 is 0 Å². The van der Waals surface area contributed by atoms with Crippen LogP contribution in [0.15, 0.2) is 29.2 Å². The molecule has 0 spiro atoms. The predicted molar refractivity (Wildman–Crippen MR) is 74.1 cm³/mol. The molecule has 2 N–H and O–H groups in total. The highest BCUT2D eigenvalue weighted by molar-refractivity contribution is 7.98. The van der Waals surface area contributed by atoms with Crippen molar-refractivity contribution in [2.45, 2.75) is 23.5 Å². The molecule has 1 aliphatic rings. The summed E-state index contributed by atoms with van der Waals surface area (Å²) in [7, 11) is 1.67. The van der Waals surface area contributed by atoms with Crippen LogP contribution >= 0.6 is 11.8 Å². The quantitative estimate of drug-likeness (QED) is 0.815.